The lowest BCUT2D eigenvalue weighted by atomic mass is 10.7. The van der Waals surface area contributed by atoms with Crippen LogP contribution < -0.4 is 5.32 Å². The van der Waals surface area contributed by atoms with Crippen molar-refractivity contribution in [2.24, 2.45) is 0 Å². The third-order valence-corrected chi connectivity index (χ3v) is 1.22. The molecule has 0 bridgehead atoms. The van der Waals surface area contributed by atoms with Gasteiger partial charge in [0, 0.05) is 6.04 Å². The van der Waals surface area contributed by atoms with Crippen LogP contribution in [0.15, 0.2) is 0 Å². The molecule has 0 aromatic heterocycles. The third-order valence-electron chi connectivity index (χ3n) is 1.09. The largest absolute Gasteiger partial charge is 0.439 e. The lowest BCUT2D eigenvalue weighted by Gasteiger charge is -2.00. The van der Waals surface area contributed by atoms with Gasteiger partial charge in [0.1, 0.15) is 5.94 Å². The van der Waals surface area contributed by atoms with Crippen LogP contribution in [0.5, 0.6) is 0 Å². The zero-order valence-electron chi connectivity index (χ0n) is 4.96. The van der Waals surface area contributed by atoms with Gasteiger partial charge in [-0.25, -0.2) is 4.79 Å². The number of hydrogen-bond acceptors (Lipinski definition) is 3. The first-order valence-electron chi connectivity index (χ1n) is 2.87. The Kier molecular flexibility index (Phi) is 2.22. The summed E-state index contributed by atoms with van der Waals surface area (Å²) in [7, 11) is 0. The summed E-state index contributed by atoms with van der Waals surface area (Å²) in [6.45, 7) is 0. The molecule has 0 aromatic rings. The van der Waals surface area contributed by atoms with Crippen molar-refractivity contribution in [3.8, 4) is 0 Å². The van der Waals surface area contributed by atoms with Crippen LogP contribution >= 0.6 is 12.6 Å². The molecule has 1 saturated carbocycles. The first kappa shape index (κ1) is 6.74. The molecule has 52 valence electrons. The van der Waals surface area contributed by atoms with Crippen LogP contribution in [0.4, 0.5) is 4.79 Å². The summed E-state index contributed by atoms with van der Waals surface area (Å²) in [5, 5.41) is 2.64. The zero-order valence-corrected chi connectivity index (χ0v) is 5.86. The van der Waals surface area contributed by atoms with Gasteiger partial charge in [-0.05, 0) is 12.8 Å². The molecule has 9 heavy (non-hydrogen) atoms. The second-order valence-electron chi connectivity index (χ2n) is 1.98. The topological polar surface area (TPSA) is 38.3 Å². The Morgan fingerprint density at radius 1 is 1.78 bits per heavy atom. The van der Waals surface area contributed by atoms with Gasteiger partial charge in [-0.3, -0.25) is 0 Å². The van der Waals surface area contributed by atoms with Gasteiger partial charge < -0.3 is 10.1 Å². The predicted molar refractivity (Wildman–Crippen MR) is 36.5 cm³/mol. The molecule has 0 aromatic carbocycles. The minimum absolute atomic E-state index is 0.151. The van der Waals surface area contributed by atoms with E-state index in [-0.39, 0.29) is 12.0 Å². The highest BCUT2D eigenvalue weighted by atomic mass is 32.1. The van der Waals surface area contributed by atoms with Crippen LogP contribution in [-0.2, 0) is 4.74 Å². The maximum atomic E-state index is 10.5. The molecular formula is C5H9NO2S. The molecule has 1 rings (SSSR count). The SMILES string of the molecule is O=C(NC1CC1)OCS. The van der Waals surface area contributed by atoms with E-state index >= 15 is 0 Å². The van der Waals surface area contributed by atoms with Gasteiger partial charge in [0.15, 0.2) is 0 Å². The smallest absolute Gasteiger partial charge is 0.408 e. The second kappa shape index (κ2) is 2.96. The number of alkyl carbamates (subject to hydrolysis) is 1. The summed E-state index contributed by atoms with van der Waals surface area (Å²) >= 11 is 3.72. The Morgan fingerprint density at radius 3 is 2.89 bits per heavy atom. The van der Waals surface area contributed by atoms with E-state index in [4.69, 9.17) is 0 Å². The van der Waals surface area contributed by atoms with Crippen molar-refractivity contribution in [3.05, 3.63) is 0 Å². The molecule has 1 aliphatic carbocycles. The molecule has 0 aliphatic heterocycles. The number of thiol groups is 1. The Hall–Kier alpha value is -0.380. The summed E-state index contributed by atoms with van der Waals surface area (Å²) in [6.07, 6.45) is 1.82. The van der Waals surface area contributed by atoms with Crippen molar-refractivity contribution in [3.63, 3.8) is 0 Å². The quantitative estimate of drug-likeness (QED) is 0.447. The van der Waals surface area contributed by atoms with Crippen LogP contribution in [-0.4, -0.2) is 18.1 Å². The lowest BCUT2D eigenvalue weighted by Crippen LogP contribution is -2.25. The molecule has 4 heteroatoms. The maximum absolute atomic E-state index is 10.5. The summed E-state index contributed by atoms with van der Waals surface area (Å²) < 4.78 is 4.51. The van der Waals surface area contributed by atoms with Crippen molar-refractivity contribution in [1.29, 1.82) is 0 Å². The molecule has 0 spiro atoms. The van der Waals surface area contributed by atoms with Gasteiger partial charge in [0.25, 0.3) is 0 Å². The van der Waals surface area contributed by atoms with Gasteiger partial charge in [-0.15, -0.1) is 12.6 Å². The number of hydrogen-bond donors (Lipinski definition) is 2. The molecule has 0 atom stereocenters. The van der Waals surface area contributed by atoms with E-state index in [9.17, 15) is 4.79 Å². The molecule has 3 nitrogen and oxygen atoms in total. The molecule has 0 unspecified atom stereocenters. The molecule has 0 radical (unpaired) electrons. The van der Waals surface area contributed by atoms with E-state index in [0.717, 1.165) is 12.8 Å². The Labute approximate surface area is 59.2 Å². The van der Waals surface area contributed by atoms with E-state index in [1.165, 1.54) is 0 Å². The molecule has 1 fully saturated rings. The lowest BCUT2D eigenvalue weighted by molar-refractivity contribution is 0.165. The number of amides is 1. The number of nitrogens with one attached hydrogen (secondary N) is 1. The number of carbonyl (C=O) groups is 1. The van der Waals surface area contributed by atoms with Gasteiger partial charge in [-0.1, -0.05) is 0 Å². The minimum atomic E-state index is -0.354. The highest BCUT2D eigenvalue weighted by Crippen LogP contribution is 2.18. The Morgan fingerprint density at radius 2 is 2.44 bits per heavy atom. The van der Waals surface area contributed by atoms with E-state index in [0.29, 0.717) is 6.04 Å². The number of rotatable bonds is 2. The normalized spacial score (nSPS) is 17.0. The van der Waals surface area contributed by atoms with E-state index in [2.05, 4.69) is 22.7 Å². The molecule has 0 saturated heterocycles. The third kappa shape index (κ3) is 2.60. The average Bonchev–Trinajstić information content (AvgIpc) is 2.50. The summed E-state index contributed by atoms with van der Waals surface area (Å²) in [5.74, 6) is 0.151. The number of ether oxygens (including phenoxy) is 1. The summed E-state index contributed by atoms with van der Waals surface area (Å²) in [4.78, 5) is 10.5. The van der Waals surface area contributed by atoms with Crippen molar-refractivity contribution < 1.29 is 9.53 Å². The summed E-state index contributed by atoms with van der Waals surface area (Å²) in [5.41, 5.74) is 0. The highest BCUT2D eigenvalue weighted by Gasteiger charge is 2.23. The van der Waals surface area contributed by atoms with Gasteiger partial charge >= 0.3 is 6.09 Å². The van der Waals surface area contributed by atoms with E-state index in [1.54, 1.807) is 0 Å². The molecule has 1 amide bonds. The molecular weight excluding hydrogens is 138 g/mol. The molecule has 1 aliphatic rings. The fraction of sp³-hybridized carbons (Fsp3) is 0.800. The fourth-order valence-corrected chi connectivity index (χ4v) is 0.612. The van der Waals surface area contributed by atoms with Crippen LogP contribution in [0.2, 0.25) is 0 Å². The maximum Gasteiger partial charge on any atom is 0.408 e. The van der Waals surface area contributed by atoms with Crippen LogP contribution in [0.1, 0.15) is 12.8 Å². The number of carbonyl (C=O) groups excluding carboxylic acids is 1. The van der Waals surface area contributed by atoms with Gasteiger partial charge in [0.2, 0.25) is 0 Å². The van der Waals surface area contributed by atoms with Crippen LogP contribution in [0.3, 0.4) is 0 Å². The van der Waals surface area contributed by atoms with Gasteiger partial charge in [0.05, 0.1) is 0 Å². The Balaban J connectivity index is 2.02. The standard InChI is InChI=1S/C5H9NO2S/c7-5(8-3-9)6-4-1-2-4/h4,9H,1-3H2,(H,6,7). The fourth-order valence-electron chi connectivity index (χ4n) is 0.495. The van der Waals surface area contributed by atoms with Crippen LogP contribution in [0.25, 0.3) is 0 Å². The average molecular weight is 147 g/mol. The molecule has 1 N–H and O–H groups in total. The van der Waals surface area contributed by atoms with Crippen LogP contribution in [0, 0.1) is 0 Å². The van der Waals surface area contributed by atoms with E-state index < -0.39 is 0 Å². The Bertz CT molecular complexity index is 114. The molecule has 0 heterocycles. The zero-order chi connectivity index (χ0) is 6.69. The van der Waals surface area contributed by atoms with Crippen molar-refractivity contribution >= 4 is 18.7 Å². The van der Waals surface area contributed by atoms with Crippen molar-refractivity contribution in [1.82, 2.24) is 5.32 Å². The first-order chi connectivity index (χ1) is 4.33. The predicted octanol–water partition coefficient (Wildman–Crippen LogP) is 0.762. The second-order valence-corrected chi connectivity index (χ2v) is 2.24. The monoisotopic (exact) mass is 147 g/mol. The highest BCUT2D eigenvalue weighted by molar-refractivity contribution is 7.80. The van der Waals surface area contributed by atoms with Crippen molar-refractivity contribution in [2.45, 2.75) is 18.9 Å². The first-order valence-corrected chi connectivity index (χ1v) is 3.50. The summed E-state index contributed by atoms with van der Waals surface area (Å²) in [6, 6.07) is 0.373. The van der Waals surface area contributed by atoms with E-state index in [1.807, 2.05) is 0 Å². The van der Waals surface area contributed by atoms with Crippen molar-refractivity contribution in [2.75, 3.05) is 5.94 Å². The van der Waals surface area contributed by atoms with Gasteiger partial charge in [-0.2, -0.15) is 0 Å². The minimum Gasteiger partial charge on any atom is -0.439 e.